The van der Waals surface area contributed by atoms with Gasteiger partial charge in [0.05, 0.1) is 16.8 Å². The Bertz CT molecular complexity index is 990. The number of amides is 2. The van der Waals surface area contributed by atoms with E-state index in [9.17, 15) is 28.3 Å². The Balaban J connectivity index is 2.35. The third kappa shape index (κ3) is 2.57. The van der Waals surface area contributed by atoms with Crippen molar-refractivity contribution < 1.29 is 28.3 Å². The van der Waals surface area contributed by atoms with Crippen LogP contribution in [0.4, 0.5) is 14.5 Å². The Kier molecular flexibility index (Phi) is 4.15. The van der Waals surface area contributed by atoms with Crippen molar-refractivity contribution in [3.63, 3.8) is 0 Å². The minimum Gasteiger partial charge on any atom is -0.506 e. The summed E-state index contributed by atoms with van der Waals surface area (Å²) in [5.74, 6) is -4.92. The second kappa shape index (κ2) is 6.18. The first kappa shape index (κ1) is 17.5. The standard InChI is InChI=1S/C19H13F2NO4/c1-9(23)11-6-7-15-12(8-11)16(19(26)22(15)10(2)24)18(25)17-13(20)4-3-5-14(17)21/h3-8,25H,1-2H3. The lowest BCUT2D eigenvalue weighted by molar-refractivity contribution is -0.122. The normalized spacial score (nSPS) is 15.1. The van der Waals surface area contributed by atoms with Crippen LogP contribution in [0.5, 0.6) is 0 Å². The summed E-state index contributed by atoms with van der Waals surface area (Å²) in [5, 5.41) is 10.5. The molecule has 2 amide bonds. The van der Waals surface area contributed by atoms with Gasteiger partial charge in [-0.2, -0.15) is 0 Å². The number of imide groups is 1. The first-order chi connectivity index (χ1) is 12.2. The topological polar surface area (TPSA) is 74.7 Å². The maximum Gasteiger partial charge on any atom is 0.269 e. The molecule has 0 saturated carbocycles. The molecule has 2 aromatic carbocycles. The van der Waals surface area contributed by atoms with E-state index >= 15 is 0 Å². The molecule has 0 aromatic heterocycles. The smallest absolute Gasteiger partial charge is 0.269 e. The summed E-state index contributed by atoms with van der Waals surface area (Å²) >= 11 is 0. The van der Waals surface area contributed by atoms with Crippen LogP contribution in [0.2, 0.25) is 0 Å². The van der Waals surface area contributed by atoms with E-state index < -0.39 is 40.3 Å². The molecule has 26 heavy (non-hydrogen) atoms. The molecule has 1 aliphatic heterocycles. The highest BCUT2D eigenvalue weighted by molar-refractivity contribution is 6.43. The fourth-order valence-electron chi connectivity index (χ4n) is 2.88. The number of ketones is 1. The summed E-state index contributed by atoms with van der Waals surface area (Å²) in [6.07, 6.45) is 0. The van der Waals surface area contributed by atoms with Gasteiger partial charge in [0.25, 0.3) is 5.91 Å². The minimum atomic E-state index is -1.06. The molecule has 0 atom stereocenters. The van der Waals surface area contributed by atoms with Gasteiger partial charge in [0, 0.05) is 18.1 Å². The van der Waals surface area contributed by atoms with Gasteiger partial charge in [0.15, 0.2) is 5.78 Å². The van der Waals surface area contributed by atoms with Crippen LogP contribution >= 0.6 is 0 Å². The van der Waals surface area contributed by atoms with E-state index in [-0.39, 0.29) is 22.6 Å². The minimum absolute atomic E-state index is 0.0538. The molecule has 7 heteroatoms. The van der Waals surface area contributed by atoms with Gasteiger partial charge >= 0.3 is 0 Å². The highest BCUT2D eigenvalue weighted by Crippen LogP contribution is 2.41. The zero-order chi connectivity index (χ0) is 19.2. The fraction of sp³-hybridized carbons (Fsp3) is 0.105. The number of benzene rings is 2. The number of Topliss-reactive ketones (excluding diaryl/α,β-unsaturated/α-hetero) is 1. The molecule has 0 spiro atoms. The Labute approximate surface area is 147 Å². The van der Waals surface area contributed by atoms with Crippen molar-refractivity contribution in [2.45, 2.75) is 13.8 Å². The lowest BCUT2D eigenvalue weighted by atomic mass is 9.98. The number of halogens is 2. The van der Waals surface area contributed by atoms with Crippen molar-refractivity contribution in [2.24, 2.45) is 0 Å². The summed E-state index contributed by atoms with van der Waals surface area (Å²) in [7, 11) is 0. The van der Waals surface area contributed by atoms with Crippen LogP contribution in [0.15, 0.2) is 36.4 Å². The lowest BCUT2D eigenvalue weighted by Gasteiger charge is -2.12. The molecule has 0 aliphatic carbocycles. The molecule has 0 saturated heterocycles. The van der Waals surface area contributed by atoms with Crippen molar-refractivity contribution in [1.29, 1.82) is 0 Å². The SMILES string of the molecule is CC(=O)c1ccc2c(c1)C(=C(O)c1c(F)cccc1F)C(=O)N2C(C)=O. The molecular formula is C19H13F2NO4. The first-order valence-corrected chi connectivity index (χ1v) is 7.62. The second-order valence-electron chi connectivity index (χ2n) is 5.77. The van der Waals surface area contributed by atoms with Crippen molar-refractivity contribution in [3.8, 4) is 0 Å². The first-order valence-electron chi connectivity index (χ1n) is 7.62. The molecule has 1 heterocycles. The Hall–Kier alpha value is -3.35. The molecule has 0 bridgehead atoms. The summed E-state index contributed by atoms with van der Waals surface area (Å²) < 4.78 is 28.1. The monoisotopic (exact) mass is 357 g/mol. The molecule has 1 aliphatic rings. The molecule has 3 rings (SSSR count). The van der Waals surface area contributed by atoms with Gasteiger partial charge in [-0.3, -0.25) is 14.4 Å². The number of nitrogens with zero attached hydrogens (tertiary/aromatic N) is 1. The summed E-state index contributed by atoms with van der Waals surface area (Å²) in [6.45, 7) is 2.45. The Morgan fingerprint density at radius 2 is 1.65 bits per heavy atom. The third-order valence-electron chi connectivity index (χ3n) is 4.08. The van der Waals surface area contributed by atoms with E-state index in [0.29, 0.717) is 0 Å². The number of carbonyl (C=O) groups is 3. The van der Waals surface area contributed by atoms with E-state index in [1.807, 2.05) is 0 Å². The van der Waals surface area contributed by atoms with Gasteiger partial charge in [-0.05, 0) is 37.3 Å². The van der Waals surface area contributed by atoms with Crippen LogP contribution in [0.3, 0.4) is 0 Å². The third-order valence-corrected chi connectivity index (χ3v) is 4.08. The van der Waals surface area contributed by atoms with Gasteiger partial charge in [-0.25, -0.2) is 13.7 Å². The Morgan fingerprint density at radius 1 is 1.04 bits per heavy atom. The maximum absolute atomic E-state index is 14.0. The van der Waals surface area contributed by atoms with E-state index in [1.54, 1.807) is 0 Å². The number of carbonyl (C=O) groups excluding carboxylic acids is 3. The van der Waals surface area contributed by atoms with Gasteiger partial charge in [0.1, 0.15) is 17.4 Å². The van der Waals surface area contributed by atoms with Crippen LogP contribution in [-0.4, -0.2) is 22.7 Å². The number of aliphatic hydroxyl groups excluding tert-OH is 1. The number of anilines is 1. The van der Waals surface area contributed by atoms with Crippen LogP contribution in [0.25, 0.3) is 11.3 Å². The zero-order valence-corrected chi connectivity index (χ0v) is 13.8. The highest BCUT2D eigenvalue weighted by atomic mass is 19.1. The molecule has 0 fully saturated rings. The van der Waals surface area contributed by atoms with Crippen LogP contribution in [0, 0.1) is 11.6 Å². The molecular weight excluding hydrogens is 344 g/mol. The number of hydrogen-bond donors (Lipinski definition) is 1. The molecule has 0 unspecified atom stereocenters. The van der Waals surface area contributed by atoms with Gasteiger partial charge < -0.3 is 5.11 Å². The predicted molar refractivity (Wildman–Crippen MR) is 90.4 cm³/mol. The molecule has 5 nitrogen and oxygen atoms in total. The van der Waals surface area contributed by atoms with E-state index in [1.165, 1.54) is 25.1 Å². The van der Waals surface area contributed by atoms with Crippen molar-refractivity contribution >= 4 is 34.6 Å². The fourth-order valence-corrected chi connectivity index (χ4v) is 2.88. The average Bonchev–Trinajstić information content (AvgIpc) is 2.85. The summed E-state index contributed by atoms with van der Waals surface area (Å²) in [5.41, 5.74) is -0.812. The van der Waals surface area contributed by atoms with Crippen molar-refractivity contribution in [1.82, 2.24) is 0 Å². The molecule has 132 valence electrons. The largest absolute Gasteiger partial charge is 0.506 e. The molecule has 0 radical (unpaired) electrons. The van der Waals surface area contributed by atoms with Gasteiger partial charge in [-0.15, -0.1) is 0 Å². The van der Waals surface area contributed by atoms with Crippen molar-refractivity contribution in [2.75, 3.05) is 4.90 Å². The lowest BCUT2D eigenvalue weighted by Crippen LogP contribution is -2.31. The Morgan fingerprint density at radius 3 is 2.19 bits per heavy atom. The second-order valence-corrected chi connectivity index (χ2v) is 5.77. The van der Waals surface area contributed by atoms with Crippen LogP contribution in [0.1, 0.15) is 35.3 Å². The maximum atomic E-state index is 14.0. The van der Waals surface area contributed by atoms with Crippen molar-refractivity contribution in [3.05, 3.63) is 64.7 Å². The summed E-state index contributed by atoms with van der Waals surface area (Å²) in [6, 6.07) is 7.10. The predicted octanol–water partition coefficient (Wildman–Crippen LogP) is 3.49. The van der Waals surface area contributed by atoms with Gasteiger partial charge in [-0.1, -0.05) is 6.07 Å². The highest BCUT2D eigenvalue weighted by Gasteiger charge is 2.39. The van der Waals surface area contributed by atoms with E-state index in [0.717, 1.165) is 30.0 Å². The summed E-state index contributed by atoms with van der Waals surface area (Å²) in [4.78, 5) is 37.0. The average molecular weight is 357 g/mol. The quantitative estimate of drug-likeness (QED) is 0.507. The molecule has 1 N–H and O–H groups in total. The molecule has 2 aromatic rings. The van der Waals surface area contributed by atoms with Gasteiger partial charge in [0.2, 0.25) is 5.91 Å². The zero-order valence-electron chi connectivity index (χ0n) is 13.8. The number of fused-ring (bicyclic) bond motifs is 1. The van der Waals surface area contributed by atoms with E-state index in [4.69, 9.17) is 0 Å². The number of aliphatic hydroxyl groups is 1. The van der Waals surface area contributed by atoms with Crippen LogP contribution in [-0.2, 0) is 9.59 Å². The number of rotatable bonds is 2. The number of hydrogen-bond acceptors (Lipinski definition) is 4. The van der Waals surface area contributed by atoms with Crippen LogP contribution < -0.4 is 4.90 Å². The van der Waals surface area contributed by atoms with E-state index in [2.05, 4.69) is 0 Å².